The third kappa shape index (κ3) is 10.3. The Morgan fingerprint density at radius 2 is 1.66 bits per heavy atom. The van der Waals surface area contributed by atoms with E-state index in [-0.39, 0.29) is 12.1 Å². The van der Waals surface area contributed by atoms with Gasteiger partial charge in [-0.1, -0.05) is 12.1 Å². The van der Waals surface area contributed by atoms with E-state index in [1.807, 2.05) is 45.0 Å². The van der Waals surface area contributed by atoms with E-state index >= 15 is 0 Å². The Morgan fingerprint density at radius 1 is 1.10 bits per heavy atom. The molecule has 0 aliphatic heterocycles. The number of rotatable bonds is 7. The first-order valence-corrected chi connectivity index (χ1v) is 8.92. The van der Waals surface area contributed by atoms with E-state index < -0.39 is 12.1 Å². The summed E-state index contributed by atoms with van der Waals surface area (Å²) in [6.45, 7) is 5.97. The Kier molecular flexibility index (Phi) is 9.40. The fourth-order valence-corrected chi connectivity index (χ4v) is 1.99. The second kappa shape index (κ2) is 11.3. The van der Waals surface area contributed by atoms with Gasteiger partial charge >= 0.3 is 12.1 Å². The number of aryl methyl sites for hydroxylation is 1. The summed E-state index contributed by atoms with van der Waals surface area (Å²) < 4.78 is 43.0. The molecule has 0 aliphatic carbocycles. The predicted molar refractivity (Wildman–Crippen MR) is 102 cm³/mol. The number of hydrogen-bond acceptors (Lipinski definition) is 5. The lowest BCUT2D eigenvalue weighted by Crippen LogP contribution is -2.21. The third-order valence-electron chi connectivity index (χ3n) is 3.36. The molecule has 0 aliphatic rings. The number of alkyl halides is 3. The fraction of sp³-hybridized carbons (Fsp3) is 0.400. The second-order valence-corrected chi connectivity index (χ2v) is 6.56. The maximum atomic E-state index is 10.6. The smallest absolute Gasteiger partial charge is 0.475 e. The van der Waals surface area contributed by atoms with Gasteiger partial charge in [0.25, 0.3) is 0 Å². The molecular weight excluding hydrogens is 389 g/mol. The van der Waals surface area contributed by atoms with Gasteiger partial charge in [0, 0.05) is 12.1 Å². The highest BCUT2D eigenvalue weighted by atomic mass is 19.4. The molecule has 2 rings (SSSR count). The van der Waals surface area contributed by atoms with Crippen molar-refractivity contribution < 1.29 is 32.5 Å². The van der Waals surface area contributed by atoms with Crippen LogP contribution in [0.1, 0.15) is 32.8 Å². The van der Waals surface area contributed by atoms with Crippen LogP contribution in [0.25, 0.3) is 0 Å². The van der Waals surface area contributed by atoms with Crippen LogP contribution in [-0.4, -0.2) is 34.4 Å². The molecule has 1 unspecified atom stereocenters. The summed E-state index contributed by atoms with van der Waals surface area (Å²) in [4.78, 5) is 13.1. The first kappa shape index (κ1) is 24.2. The summed E-state index contributed by atoms with van der Waals surface area (Å²) >= 11 is 0. The molecule has 0 amide bonds. The minimum absolute atomic E-state index is 0.114. The van der Waals surface area contributed by atoms with Crippen molar-refractivity contribution in [2.75, 3.05) is 0 Å². The molecule has 0 bridgehead atoms. The molecule has 2 aromatic rings. The maximum absolute atomic E-state index is 10.6. The van der Waals surface area contributed by atoms with Crippen molar-refractivity contribution in [3.8, 4) is 17.4 Å². The summed E-state index contributed by atoms with van der Waals surface area (Å²) in [6.07, 6.45) is -1.33. The lowest BCUT2D eigenvalue weighted by atomic mass is 10.1. The lowest BCUT2D eigenvalue weighted by Gasteiger charge is -2.10. The molecule has 6 nitrogen and oxygen atoms in total. The Balaban J connectivity index is 0.000000516. The van der Waals surface area contributed by atoms with Crippen molar-refractivity contribution in [3.63, 3.8) is 0 Å². The first-order valence-electron chi connectivity index (χ1n) is 8.92. The molecule has 1 aromatic heterocycles. The number of aromatic nitrogens is 1. The summed E-state index contributed by atoms with van der Waals surface area (Å²) in [5, 5.41) is 7.12. The monoisotopic (exact) mass is 414 g/mol. The number of nitrogens with zero attached hydrogens (tertiary/aromatic N) is 1. The SMILES string of the molecule is CC(N)CCc1ccc(Oc2ccc(OC(C)C)nc2)cc1.O=C(O)C(F)(F)F. The van der Waals surface area contributed by atoms with Crippen molar-refractivity contribution in [2.24, 2.45) is 5.73 Å². The molecule has 9 heteroatoms. The fourth-order valence-electron chi connectivity index (χ4n) is 1.99. The van der Waals surface area contributed by atoms with Crippen molar-refractivity contribution in [2.45, 2.75) is 51.9 Å². The van der Waals surface area contributed by atoms with E-state index in [0.29, 0.717) is 11.6 Å². The molecule has 1 heterocycles. The molecule has 1 atom stereocenters. The number of carboxylic acid groups (broad SMARTS) is 1. The third-order valence-corrected chi connectivity index (χ3v) is 3.36. The van der Waals surface area contributed by atoms with Gasteiger partial charge in [-0.05, 0) is 57.4 Å². The molecule has 0 saturated carbocycles. The Labute approximate surface area is 167 Å². The Hall–Kier alpha value is -2.81. The van der Waals surface area contributed by atoms with Gasteiger partial charge in [-0.2, -0.15) is 13.2 Å². The molecule has 0 saturated heterocycles. The molecule has 0 spiro atoms. The van der Waals surface area contributed by atoms with Crippen LogP contribution in [0.3, 0.4) is 0 Å². The minimum Gasteiger partial charge on any atom is -0.475 e. The van der Waals surface area contributed by atoms with Crippen LogP contribution in [0.5, 0.6) is 17.4 Å². The highest BCUT2D eigenvalue weighted by molar-refractivity contribution is 5.73. The molecule has 0 radical (unpaired) electrons. The number of ether oxygens (including phenoxy) is 2. The van der Waals surface area contributed by atoms with E-state index in [0.717, 1.165) is 18.6 Å². The second-order valence-electron chi connectivity index (χ2n) is 6.56. The quantitative estimate of drug-likeness (QED) is 0.689. The molecule has 29 heavy (non-hydrogen) atoms. The zero-order valence-electron chi connectivity index (χ0n) is 16.4. The number of carboxylic acids is 1. The topological polar surface area (TPSA) is 94.7 Å². The van der Waals surface area contributed by atoms with E-state index in [9.17, 15) is 13.2 Å². The summed E-state index contributed by atoms with van der Waals surface area (Å²) in [5.74, 6) is -0.663. The molecule has 0 fully saturated rings. The van der Waals surface area contributed by atoms with Gasteiger partial charge in [0.15, 0.2) is 0 Å². The van der Waals surface area contributed by atoms with Crippen LogP contribution < -0.4 is 15.2 Å². The first-order chi connectivity index (χ1) is 13.5. The summed E-state index contributed by atoms with van der Waals surface area (Å²) in [6, 6.07) is 12.0. The number of pyridine rings is 1. The van der Waals surface area contributed by atoms with Crippen molar-refractivity contribution in [1.82, 2.24) is 4.98 Å². The van der Waals surface area contributed by atoms with E-state index in [1.54, 1.807) is 6.20 Å². The Bertz CT molecular complexity index is 746. The summed E-state index contributed by atoms with van der Waals surface area (Å²) in [7, 11) is 0. The zero-order valence-corrected chi connectivity index (χ0v) is 16.4. The van der Waals surface area contributed by atoms with Crippen molar-refractivity contribution >= 4 is 5.97 Å². The highest BCUT2D eigenvalue weighted by Crippen LogP contribution is 2.23. The van der Waals surface area contributed by atoms with Gasteiger partial charge in [-0.25, -0.2) is 9.78 Å². The van der Waals surface area contributed by atoms with E-state index in [2.05, 4.69) is 17.1 Å². The Morgan fingerprint density at radius 3 is 2.07 bits per heavy atom. The highest BCUT2D eigenvalue weighted by Gasteiger charge is 2.38. The molecule has 1 aromatic carbocycles. The number of carbonyl (C=O) groups is 1. The van der Waals surface area contributed by atoms with E-state index in [4.69, 9.17) is 25.1 Å². The van der Waals surface area contributed by atoms with Crippen LogP contribution >= 0.6 is 0 Å². The van der Waals surface area contributed by atoms with Crippen LogP contribution in [0.4, 0.5) is 13.2 Å². The van der Waals surface area contributed by atoms with Gasteiger partial charge in [-0.15, -0.1) is 0 Å². The standard InChI is InChI=1S/C18H24N2O2.C2HF3O2/c1-13(2)21-18-11-10-17(12-20-18)22-16-8-6-15(7-9-16)5-4-14(3)19;3-2(4,5)1(6)7/h6-14H,4-5,19H2,1-3H3;(H,6,7). The van der Waals surface area contributed by atoms with Gasteiger partial charge in [-0.3, -0.25) is 0 Å². The van der Waals surface area contributed by atoms with Crippen LogP contribution in [0, 0.1) is 0 Å². The van der Waals surface area contributed by atoms with Gasteiger partial charge < -0.3 is 20.3 Å². The number of aliphatic carboxylic acids is 1. The van der Waals surface area contributed by atoms with E-state index in [1.165, 1.54) is 5.56 Å². The van der Waals surface area contributed by atoms with Gasteiger partial charge in [0.1, 0.15) is 11.5 Å². The maximum Gasteiger partial charge on any atom is 0.490 e. The predicted octanol–water partition coefficient (Wildman–Crippen LogP) is 4.57. The van der Waals surface area contributed by atoms with Gasteiger partial charge in [0.05, 0.1) is 12.3 Å². The summed E-state index contributed by atoms with van der Waals surface area (Å²) in [5.41, 5.74) is 7.04. The van der Waals surface area contributed by atoms with Crippen LogP contribution in [0.15, 0.2) is 42.6 Å². The van der Waals surface area contributed by atoms with Crippen LogP contribution in [0.2, 0.25) is 0 Å². The number of halogens is 3. The largest absolute Gasteiger partial charge is 0.490 e. The number of nitrogens with two attached hydrogens (primary N) is 1. The lowest BCUT2D eigenvalue weighted by molar-refractivity contribution is -0.192. The molecule has 3 N–H and O–H groups in total. The molecule has 160 valence electrons. The number of benzene rings is 1. The normalized spacial score (nSPS) is 12.0. The molecular formula is C20H25F3N2O4. The van der Waals surface area contributed by atoms with Crippen molar-refractivity contribution in [3.05, 3.63) is 48.2 Å². The van der Waals surface area contributed by atoms with Crippen molar-refractivity contribution in [1.29, 1.82) is 0 Å². The van der Waals surface area contributed by atoms with Crippen LogP contribution in [-0.2, 0) is 11.2 Å². The number of hydrogen-bond donors (Lipinski definition) is 2. The average Bonchev–Trinajstić information content (AvgIpc) is 2.62. The minimum atomic E-state index is -5.08. The van der Waals surface area contributed by atoms with Gasteiger partial charge in [0.2, 0.25) is 5.88 Å². The average molecular weight is 414 g/mol. The zero-order chi connectivity index (χ0) is 22.0.